The Bertz CT molecular complexity index is 413. The number of hydrogen-bond donors (Lipinski definition) is 1. The Morgan fingerprint density at radius 2 is 2.50 bits per heavy atom. The van der Waals surface area contributed by atoms with Crippen LogP contribution in [0.15, 0.2) is 16.7 Å². The summed E-state index contributed by atoms with van der Waals surface area (Å²) in [6.45, 7) is 3.40. The maximum absolute atomic E-state index is 11.9. The van der Waals surface area contributed by atoms with Gasteiger partial charge in [-0.3, -0.25) is 4.79 Å². The summed E-state index contributed by atoms with van der Waals surface area (Å²) in [5.74, 6) is -0.253. The first-order valence-electron chi connectivity index (χ1n) is 6.14. The van der Waals surface area contributed by atoms with Crippen LogP contribution >= 0.6 is 15.9 Å². The third kappa shape index (κ3) is 3.34. The van der Waals surface area contributed by atoms with Gasteiger partial charge in [0.2, 0.25) is 0 Å². The third-order valence-electron chi connectivity index (χ3n) is 2.86. The summed E-state index contributed by atoms with van der Waals surface area (Å²) >= 11 is 3.35. The molecule has 6 heteroatoms. The van der Waals surface area contributed by atoms with Crippen molar-refractivity contribution in [2.75, 3.05) is 6.61 Å². The monoisotopic (exact) mass is 316 g/mol. The van der Waals surface area contributed by atoms with Crippen molar-refractivity contribution < 1.29 is 14.4 Å². The van der Waals surface area contributed by atoms with E-state index in [1.807, 2.05) is 17.7 Å². The van der Waals surface area contributed by atoms with Gasteiger partial charge in [-0.2, -0.15) is 0 Å². The lowest BCUT2D eigenvalue weighted by Gasteiger charge is -2.22. The lowest BCUT2D eigenvalue weighted by molar-refractivity contribution is -0.186. The lowest BCUT2D eigenvalue weighted by atomic mass is 10.2. The van der Waals surface area contributed by atoms with Gasteiger partial charge in [0, 0.05) is 30.2 Å². The highest BCUT2D eigenvalue weighted by Crippen LogP contribution is 2.16. The van der Waals surface area contributed by atoms with E-state index in [9.17, 15) is 4.79 Å². The van der Waals surface area contributed by atoms with E-state index in [1.165, 1.54) is 0 Å². The molecule has 1 aromatic rings. The molecule has 0 unspecified atom stereocenters. The van der Waals surface area contributed by atoms with Crippen LogP contribution in [0.1, 0.15) is 36.7 Å². The van der Waals surface area contributed by atoms with E-state index in [0.29, 0.717) is 12.3 Å². The van der Waals surface area contributed by atoms with Crippen LogP contribution in [0.5, 0.6) is 0 Å². The fourth-order valence-electron chi connectivity index (χ4n) is 1.90. The molecule has 1 N–H and O–H groups in total. The van der Waals surface area contributed by atoms with Crippen molar-refractivity contribution in [2.24, 2.45) is 0 Å². The van der Waals surface area contributed by atoms with E-state index < -0.39 is 0 Å². The number of aryl methyl sites for hydroxylation is 1. The predicted octanol–water partition coefficient (Wildman–Crippen LogP) is 2.46. The number of rotatable bonds is 4. The molecular formula is C12H17BrN2O3. The number of nitrogens with zero attached hydrogens (tertiary/aromatic N) is 1. The lowest BCUT2D eigenvalue weighted by Crippen LogP contribution is -2.34. The van der Waals surface area contributed by atoms with E-state index in [0.717, 1.165) is 30.3 Å². The number of halogens is 1. The fraction of sp³-hybridized carbons (Fsp3) is 0.583. The Morgan fingerprint density at radius 1 is 1.67 bits per heavy atom. The third-order valence-corrected chi connectivity index (χ3v) is 3.29. The van der Waals surface area contributed by atoms with Crippen LogP contribution in [0, 0.1) is 0 Å². The van der Waals surface area contributed by atoms with E-state index in [-0.39, 0.29) is 12.2 Å². The molecule has 1 atom stereocenters. The molecule has 1 fully saturated rings. The second-order valence-corrected chi connectivity index (χ2v) is 5.09. The number of nitrogens with one attached hydrogen (secondary N) is 1. The van der Waals surface area contributed by atoms with Gasteiger partial charge in [0.1, 0.15) is 5.69 Å². The minimum atomic E-state index is -0.323. The highest BCUT2D eigenvalue weighted by molar-refractivity contribution is 9.10. The number of hydroxylamine groups is 1. The maximum Gasteiger partial charge on any atom is 0.291 e. The van der Waals surface area contributed by atoms with Crippen molar-refractivity contribution in [1.29, 1.82) is 0 Å². The van der Waals surface area contributed by atoms with Gasteiger partial charge in [0.15, 0.2) is 6.29 Å². The van der Waals surface area contributed by atoms with Crippen molar-refractivity contribution in [3.63, 3.8) is 0 Å². The first kappa shape index (κ1) is 13.6. The summed E-state index contributed by atoms with van der Waals surface area (Å²) in [6, 6.07) is 1.77. The van der Waals surface area contributed by atoms with Gasteiger partial charge in [-0.05, 0) is 41.8 Å². The Labute approximate surface area is 115 Å². The van der Waals surface area contributed by atoms with Crippen molar-refractivity contribution >= 4 is 21.8 Å². The van der Waals surface area contributed by atoms with Gasteiger partial charge in [0.05, 0.1) is 0 Å². The Kier molecular flexibility index (Phi) is 4.79. The second-order valence-electron chi connectivity index (χ2n) is 4.17. The smallest absolute Gasteiger partial charge is 0.291 e. The molecule has 1 saturated heterocycles. The quantitative estimate of drug-likeness (QED) is 0.868. The van der Waals surface area contributed by atoms with Crippen molar-refractivity contribution in [1.82, 2.24) is 10.0 Å². The number of aromatic nitrogens is 1. The average molecular weight is 317 g/mol. The molecule has 0 spiro atoms. The zero-order chi connectivity index (χ0) is 13.0. The minimum absolute atomic E-state index is 0.253. The topological polar surface area (TPSA) is 52.5 Å². The largest absolute Gasteiger partial charge is 0.350 e. The van der Waals surface area contributed by atoms with Gasteiger partial charge in [-0.15, -0.1) is 0 Å². The van der Waals surface area contributed by atoms with E-state index in [2.05, 4.69) is 21.4 Å². The zero-order valence-corrected chi connectivity index (χ0v) is 11.9. The number of ether oxygens (including phenoxy) is 1. The molecule has 0 saturated carbocycles. The molecule has 2 heterocycles. The van der Waals surface area contributed by atoms with Crippen molar-refractivity contribution in [3.8, 4) is 0 Å². The molecule has 0 aliphatic carbocycles. The fourth-order valence-corrected chi connectivity index (χ4v) is 2.37. The molecule has 1 aliphatic heterocycles. The van der Waals surface area contributed by atoms with Gasteiger partial charge in [-0.1, -0.05) is 0 Å². The van der Waals surface area contributed by atoms with Crippen LogP contribution in [0.25, 0.3) is 0 Å². The summed E-state index contributed by atoms with van der Waals surface area (Å²) < 4.78 is 8.10. The molecule has 100 valence electrons. The molecular weight excluding hydrogens is 300 g/mol. The van der Waals surface area contributed by atoms with Gasteiger partial charge in [0.25, 0.3) is 5.91 Å². The second kappa shape index (κ2) is 6.36. The standard InChI is InChI=1S/C12H17BrN2O3/c1-2-15-8-9(13)7-10(15)12(16)14-18-11-5-3-4-6-17-11/h7-8,11H,2-6H2,1H3,(H,14,16)/t11-/m0/s1. The summed E-state index contributed by atoms with van der Waals surface area (Å²) in [5.41, 5.74) is 3.02. The number of carbonyl (C=O) groups excluding carboxylic acids is 1. The van der Waals surface area contributed by atoms with E-state index >= 15 is 0 Å². The first-order valence-corrected chi connectivity index (χ1v) is 6.93. The molecule has 5 nitrogen and oxygen atoms in total. The SMILES string of the molecule is CCn1cc(Br)cc1C(=O)NO[C@H]1CCCCO1. The Morgan fingerprint density at radius 3 is 3.17 bits per heavy atom. The molecule has 1 amide bonds. The van der Waals surface area contributed by atoms with Crippen LogP contribution in [0.3, 0.4) is 0 Å². The summed E-state index contributed by atoms with van der Waals surface area (Å²) in [5, 5.41) is 0. The Hall–Kier alpha value is -0.850. The van der Waals surface area contributed by atoms with Gasteiger partial charge in [-0.25, -0.2) is 10.3 Å². The predicted molar refractivity (Wildman–Crippen MR) is 69.9 cm³/mol. The van der Waals surface area contributed by atoms with E-state index in [4.69, 9.17) is 9.57 Å². The zero-order valence-electron chi connectivity index (χ0n) is 10.3. The molecule has 18 heavy (non-hydrogen) atoms. The summed E-state index contributed by atoms with van der Waals surface area (Å²) in [4.78, 5) is 17.2. The van der Waals surface area contributed by atoms with Crippen molar-refractivity contribution in [2.45, 2.75) is 39.0 Å². The van der Waals surface area contributed by atoms with Crippen LogP contribution in [-0.2, 0) is 16.1 Å². The highest BCUT2D eigenvalue weighted by Gasteiger charge is 2.18. The molecule has 0 aromatic carbocycles. The highest BCUT2D eigenvalue weighted by atomic mass is 79.9. The molecule has 0 radical (unpaired) electrons. The molecule has 0 bridgehead atoms. The van der Waals surface area contributed by atoms with Crippen LogP contribution in [-0.4, -0.2) is 23.4 Å². The molecule has 1 aliphatic rings. The molecule has 2 rings (SSSR count). The minimum Gasteiger partial charge on any atom is -0.350 e. The maximum atomic E-state index is 11.9. The number of carbonyl (C=O) groups is 1. The van der Waals surface area contributed by atoms with Crippen LogP contribution < -0.4 is 5.48 Å². The first-order chi connectivity index (χ1) is 8.70. The number of amides is 1. The van der Waals surface area contributed by atoms with Crippen LogP contribution in [0.4, 0.5) is 0 Å². The normalized spacial score (nSPS) is 19.8. The van der Waals surface area contributed by atoms with Crippen molar-refractivity contribution in [3.05, 3.63) is 22.4 Å². The van der Waals surface area contributed by atoms with Gasteiger partial charge < -0.3 is 9.30 Å². The van der Waals surface area contributed by atoms with E-state index in [1.54, 1.807) is 6.07 Å². The Balaban J connectivity index is 1.90. The number of hydrogen-bond acceptors (Lipinski definition) is 3. The van der Waals surface area contributed by atoms with Gasteiger partial charge >= 0.3 is 0 Å². The molecule has 1 aromatic heterocycles. The van der Waals surface area contributed by atoms with Crippen LogP contribution in [0.2, 0.25) is 0 Å². The average Bonchev–Trinajstić information content (AvgIpc) is 2.78. The summed E-state index contributed by atoms with van der Waals surface area (Å²) in [7, 11) is 0. The summed E-state index contributed by atoms with van der Waals surface area (Å²) in [6.07, 6.45) is 4.48.